The molecule has 0 radical (unpaired) electrons. The summed E-state index contributed by atoms with van der Waals surface area (Å²) in [7, 11) is 3.07. The Balaban J connectivity index is 1.48. The van der Waals surface area contributed by atoms with E-state index < -0.39 is 17.8 Å². The van der Waals surface area contributed by atoms with Crippen LogP contribution in [0.3, 0.4) is 0 Å². The van der Waals surface area contributed by atoms with E-state index in [-0.39, 0.29) is 41.2 Å². The summed E-state index contributed by atoms with van der Waals surface area (Å²) in [4.78, 5) is 22.1. The maximum atomic E-state index is 14.3. The third-order valence-corrected chi connectivity index (χ3v) is 7.78. The first-order valence-corrected chi connectivity index (χ1v) is 13.5. The van der Waals surface area contributed by atoms with Gasteiger partial charge in [-0.05, 0) is 44.2 Å². The summed E-state index contributed by atoms with van der Waals surface area (Å²) in [5.74, 6) is 0.750. The number of benzene rings is 2. The van der Waals surface area contributed by atoms with Crippen LogP contribution in [0, 0.1) is 6.92 Å². The first kappa shape index (κ1) is 29.3. The van der Waals surface area contributed by atoms with Crippen molar-refractivity contribution < 1.29 is 32.5 Å². The molecular formula is C30H32F3N5O4. The molecule has 1 aliphatic rings. The van der Waals surface area contributed by atoms with E-state index >= 15 is 0 Å². The van der Waals surface area contributed by atoms with E-state index in [9.17, 15) is 23.1 Å². The third-order valence-electron chi connectivity index (χ3n) is 7.78. The van der Waals surface area contributed by atoms with E-state index in [0.717, 1.165) is 11.8 Å². The molecule has 0 spiro atoms. The molecule has 2 aromatic carbocycles. The second-order valence-corrected chi connectivity index (χ2v) is 10.2. The van der Waals surface area contributed by atoms with Gasteiger partial charge in [0.15, 0.2) is 11.3 Å². The van der Waals surface area contributed by atoms with Gasteiger partial charge < -0.3 is 19.5 Å². The van der Waals surface area contributed by atoms with Crippen LogP contribution in [0.4, 0.5) is 13.2 Å². The van der Waals surface area contributed by atoms with Crippen LogP contribution >= 0.6 is 0 Å². The molecule has 1 fully saturated rings. The van der Waals surface area contributed by atoms with Crippen molar-refractivity contribution in [3.8, 4) is 22.8 Å². The lowest BCUT2D eigenvalue weighted by molar-refractivity contribution is -0.143. The molecule has 0 bridgehead atoms. The molecule has 42 heavy (non-hydrogen) atoms. The van der Waals surface area contributed by atoms with Gasteiger partial charge in [0.1, 0.15) is 17.1 Å². The van der Waals surface area contributed by atoms with Gasteiger partial charge >= 0.3 is 6.18 Å². The molecule has 1 aliphatic heterocycles. The predicted molar refractivity (Wildman–Crippen MR) is 150 cm³/mol. The first-order valence-electron chi connectivity index (χ1n) is 13.5. The molecule has 3 heterocycles. The van der Waals surface area contributed by atoms with Crippen molar-refractivity contribution in [2.75, 3.05) is 40.5 Å². The van der Waals surface area contributed by atoms with Gasteiger partial charge in [-0.3, -0.25) is 9.69 Å². The highest BCUT2D eigenvalue weighted by molar-refractivity contribution is 6.00. The lowest BCUT2D eigenvalue weighted by Crippen LogP contribution is -2.55. The van der Waals surface area contributed by atoms with Crippen LogP contribution in [0.5, 0.6) is 11.5 Å². The lowest BCUT2D eigenvalue weighted by Gasteiger charge is -2.43. The van der Waals surface area contributed by atoms with Gasteiger partial charge in [0, 0.05) is 42.4 Å². The number of aromatic nitrogens is 3. The number of aliphatic hydroxyl groups excluding tert-OH is 1. The second-order valence-electron chi connectivity index (χ2n) is 10.2. The number of rotatable bonds is 7. The van der Waals surface area contributed by atoms with Crippen LogP contribution in [0.1, 0.15) is 40.1 Å². The maximum Gasteiger partial charge on any atom is 0.433 e. The zero-order chi connectivity index (χ0) is 30.2. The van der Waals surface area contributed by atoms with Crippen LogP contribution in [0.25, 0.3) is 16.9 Å². The summed E-state index contributed by atoms with van der Waals surface area (Å²) < 4.78 is 54.4. The van der Waals surface area contributed by atoms with Gasteiger partial charge in [-0.2, -0.15) is 18.3 Å². The SMILES string of the molecule is COc1ccc(-c2nc3c(C(=O)N4CCN(C(CO)c5ccccc5OC)C[C@H]4C)cnn3c(C(F)(F)F)c2C)cc1. The van der Waals surface area contributed by atoms with Crippen LogP contribution in [0.2, 0.25) is 0 Å². The number of alkyl halides is 3. The van der Waals surface area contributed by atoms with Crippen molar-refractivity contribution in [2.24, 2.45) is 0 Å². The summed E-state index contributed by atoms with van der Waals surface area (Å²) in [5.41, 5.74) is 0.122. The largest absolute Gasteiger partial charge is 0.497 e. The number of hydrogen-bond acceptors (Lipinski definition) is 7. The predicted octanol–water partition coefficient (Wildman–Crippen LogP) is 4.62. The molecule has 0 aliphatic carbocycles. The van der Waals surface area contributed by atoms with Crippen LogP contribution in [0.15, 0.2) is 54.7 Å². The van der Waals surface area contributed by atoms with Gasteiger partial charge in [0.2, 0.25) is 0 Å². The molecule has 9 nitrogen and oxygen atoms in total. The van der Waals surface area contributed by atoms with E-state index in [1.165, 1.54) is 14.0 Å². The van der Waals surface area contributed by atoms with Crippen molar-refractivity contribution in [3.05, 3.63) is 77.1 Å². The smallest absolute Gasteiger partial charge is 0.433 e. The zero-order valence-electron chi connectivity index (χ0n) is 23.7. The van der Waals surface area contributed by atoms with Crippen molar-refractivity contribution >= 4 is 11.6 Å². The van der Waals surface area contributed by atoms with E-state index in [2.05, 4.69) is 15.0 Å². The molecule has 2 atom stereocenters. The molecule has 2 aromatic heterocycles. The van der Waals surface area contributed by atoms with Crippen LogP contribution in [-0.4, -0.2) is 81.9 Å². The number of nitrogens with zero attached hydrogens (tertiary/aromatic N) is 5. The number of aliphatic hydroxyl groups is 1. The molecule has 222 valence electrons. The number of ether oxygens (including phenoxy) is 2. The number of fused-ring (bicyclic) bond motifs is 1. The first-order chi connectivity index (χ1) is 20.1. The Bertz CT molecular complexity index is 1590. The van der Waals surface area contributed by atoms with Crippen molar-refractivity contribution in [1.82, 2.24) is 24.4 Å². The van der Waals surface area contributed by atoms with Crippen molar-refractivity contribution in [2.45, 2.75) is 32.1 Å². The Morgan fingerprint density at radius 2 is 1.81 bits per heavy atom. The van der Waals surface area contributed by atoms with Gasteiger partial charge in [-0.1, -0.05) is 18.2 Å². The molecule has 1 saturated heterocycles. The highest BCUT2D eigenvalue weighted by Crippen LogP contribution is 2.37. The number of halogens is 3. The molecular weight excluding hydrogens is 551 g/mol. The fourth-order valence-corrected chi connectivity index (χ4v) is 5.66. The summed E-state index contributed by atoms with van der Waals surface area (Å²) in [5, 5.41) is 14.2. The van der Waals surface area contributed by atoms with Crippen molar-refractivity contribution in [3.63, 3.8) is 0 Å². The number of carbonyl (C=O) groups excluding carboxylic acids is 1. The molecule has 1 unspecified atom stereocenters. The fourth-order valence-electron chi connectivity index (χ4n) is 5.66. The van der Waals surface area contributed by atoms with E-state index in [4.69, 9.17) is 9.47 Å². The Morgan fingerprint density at radius 3 is 2.43 bits per heavy atom. The fraction of sp³-hybridized carbons (Fsp3) is 0.367. The number of hydrogen-bond donors (Lipinski definition) is 1. The van der Waals surface area contributed by atoms with Gasteiger partial charge in [-0.15, -0.1) is 0 Å². The van der Waals surface area contributed by atoms with Gasteiger partial charge in [0.05, 0.1) is 38.8 Å². The molecule has 1 N–H and O–H groups in total. The summed E-state index contributed by atoms with van der Waals surface area (Å²) in [6.07, 6.45) is -3.59. The van der Waals surface area contributed by atoms with E-state index in [1.807, 2.05) is 31.2 Å². The molecule has 1 amide bonds. The molecule has 12 heteroatoms. The lowest BCUT2D eigenvalue weighted by atomic mass is 10.0. The van der Waals surface area contributed by atoms with E-state index in [0.29, 0.717) is 41.2 Å². The highest BCUT2D eigenvalue weighted by Gasteiger charge is 2.40. The summed E-state index contributed by atoms with van der Waals surface area (Å²) >= 11 is 0. The van der Waals surface area contributed by atoms with Crippen LogP contribution < -0.4 is 9.47 Å². The number of para-hydroxylation sites is 1. The van der Waals surface area contributed by atoms with Crippen molar-refractivity contribution in [1.29, 1.82) is 0 Å². The Morgan fingerprint density at radius 1 is 1.10 bits per heavy atom. The van der Waals surface area contributed by atoms with Gasteiger partial charge in [0.25, 0.3) is 5.91 Å². The Labute approximate surface area is 241 Å². The third kappa shape index (κ3) is 5.27. The zero-order valence-corrected chi connectivity index (χ0v) is 23.7. The highest BCUT2D eigenvalue weighted by atomic mass is 19.4. The average Bonchev–Trinajstić information content (AvgIpc) is 3.39. The summed E-state index contributed by atoms with van der Waals surface area (Å²) in [6, 6.07) is 13.3. The minimum atomic E-state index is -4.74. The number of amides is 1. The molecule has 4 aromatic rings. The quantitative estimate of drug-likeness (QED) is 0.340. The number of piperazine rings is 1. The van der Waals surface area contributed by atoms with Gasteiger partial charge in [-0.25, -0.2) is 9.50 Å². The minimum Gasteiger partial charge on any atom is -0.497 e. The monoisotopic (exact) mass is 583 g/mol. The molecule has 0 saturated carbocycles. The second kappa shape index (κ2) is 11.6. The number of carbonyl (C=O) groups is 1. The summed E-state index contributed by atoms with van der Waals surface area (Å²) in [6.45, 7) is 4.24. The number of methoxy groups -OCH3 is 2. The minimum absolute atomic E-state index is 0.0148. The van der Waals surface area contributed by atoms with Crippen LogP contribution in [-0.2, 0) is 6.18 Å². The Hall–Kier alpha value is -4.16. The standard InChI is InChI=1S/C30H32F3N5O4/c1-18-16-36(24(17-39)22-7-5-6-8-25(22)42-4)13-14-37(18)29(40)23-15-34-38-27(30(31,32)33)19(2)26(35-28(23)38)20-9-11-21(41-3)12-10-20/h5-12,15,18,24,39H,13-14,16-17H2,1-4H3/t18-,24?/m1/s1. The Kier molecular flexibility index (Phi) is 8.11. The maximum absolute atomic E-state index is 14.3. The average molecular weight is 584 g/mol. The topological polar surface area (TPSA) is 92.4 Å². The van der Waals surface area contributed by atoms with E-state index in [1.54, 1.807) is 36.3 Å². The normalized spacial score (nSPS) is 17.0. The molecule has 5 rings (SSSR count).